The van der Waals surface area contributed by atoms with E-state index in [-0.39, 0.29) is 17.9 Å². The van der Waals surface area contributed by atoms with E-state index in [2.05, 4.69) is 27.1 Å². The minimum Gasteiger partial charge on any atom is -0.382 e. The number of aromatic nitrogens is 4. The maximum atomic E-state index is 12.7. The predicted octanol–water partition coefficient (Wildman–Crippen LogP) is 4.65. The topological polar surface area (TPSA) is 119 Å². The zero-order valence-corrected chi connectivity index (χ0v) is 22.0. The minimum atomic E-state index is -0.256. The van der Waals surface area contributed by atoms with Gasteiger partial charge in [-0.15, -0.1) is 0 Å². The summed E-state index contributed by atoms with van der Waals surface area (Å²) in [6.07, 6.45) is 6.73. The van der Waals surface area contributed by atoms with Crippen LogP contribution in [0.25, 0.3) is 16.8 Å². The first kappa shape index (κ1) is 26.4. The van der Waals surface area contributed by atoms with Gasteiger partial charge in [0, 0.05) is 36.3 Å². The van der Waals surface area contributed by atoms with E-state index in [1.54, 1.807) is 42.5 Å². The van der Waals surface area contributed by atoms with Crippen molar-refractivity contribution < 1.29 is 9.59 Å². The molecule has 1 atom stereocenters. The first-order valence-electron chi connectivity index (χ1n) is 12.7. The molecule has 194 valence electrons. The number of amides is 2. The molecule has 2 amide bonds. The monoisotopic (exact) mass is 509 g/mol. The second-order valence-corrected chi connectivity index (χ2v) is 8.63. The average molecular weight is 510 g/mol. The number of benzene rings is 1. The molecule has 1 aliphatic rings. The summed E-state index contributed by atoms with van der Waals surface area (Å²) >= 11 is 0. The lowest BCUT2D eigenvalue weighted by atomic mass is 10.1. The van der Waals surface area contributed by atoms with Crippen molar-refractivity contribution in [2.75, 3.05) is 17.6 Å². The Kier molecular flexibility index (Phi) is 8.02. The summed E-state index contributed by atoms with van der Waals surface area (Å²) in [4.78, 5) is 40.5. The minimum absolute atomic E-state index is 0.209. The standard InChI is InChI=1S/C27H25N7O2.C2H6/c1-3-5-22(35)33-14-4-6-20(33)26-32-23(24-25(28)30-13-15-34(24)26)18-7-9-19(10-8-18)27(36)31-21-16-17(2)11-12-29-21;1-2/h7-13,15-16,20H,4,6,14H2,1-2H3,(H2,28,30)(H,29,31,36);1-2H3/t20-;/m0./s1. The molecule has 0 unspecified atom stereocenters. The lowest BCUT2D eigenvalue weighted by Gasteiger charge is -2.21. The molecule has 1 fully saturated rings. The van der Waals surface area contributed by atoms with Crippen LogP contribution in [0, 0.1) is 18.8 Å². The van der Waals surface area contributed by atoms with E-state index >= 15 is 0 Å². The van der Waals surface area contributed by atoms with Crippen molar-refractivity contribution in [2.45, 2.75) is 46.6 Å². The Balaban J connectivity index is 0.00000164. The van der Waals surface area contributed by atoms with Crippen LogP contribution in [0.1, 0.15) is 61.4 Å². The number of nitrogens with zero attached hydrogens (tertiary/aromatic N) is 5. The number of imidazole rings is 1. The number of fused-ring (bicyclic) bond motifs is 1. The fourth-order valence-electron chi connectivity index (χ4n) is 4.55. The van der Waals surface area contributed by atoms with Crippen LogP contribution in [0.5, 0.6) is 0 Å². The first-order chi connectivity index (χ1) is 18.5. The molecule has 0 saturated carbocycles. The Hall–Kier alpha value is -4.71. The first-order valence-corrected chi connectivity index (χ1v) is 12.7. The summed E-state index contributed by atoms with van der Waals surface area (Å²) in [5.41, 5.74) is 9.86. The number of hydrogen-bond donors (Lipinski definition) is 2. The van der Waals surface area contributed by atoms with Crippen LogP contribution in [0.4, 0.5) is 11.6 Å². The van der Waals surface area contributed by atoms with Crippen molar-refractivity contribution in [3.05, 3.63) is 71.9 Å². The molecule has 9 heteroatoms. The number of aryl methyl sites for hydroxylation is 1. The van der Waals surface area contributed by atoms with Crippen LogP contribution in [0.2, 0.25) is 0 Å². The van der Waals surface area contributed by atoms with Crippen molar-refractivity contribution in [1.29, 1.82) is 0 Å². The molecule has 0 radical (unpaired) electrons. The number of nitrogens with one attached hydrogen (secondary N) is 1. The molecule has 0 spiro atoms. The molecule has 1 aliphatic heterocycles. The lowest BCUT2D eigenvalue weighted by Crippen LogP contribution is -2.30. The smallest absolute Gasteiger partial charge is 0.299 e. The summed E-state index contributed by atoms with van der Waals surface area (Å²) < 4.78 is 1.90. The number of nitrogens with two attached hydrogens (primary N) is 1. The van der Waals surface area contributed by atoms with Gasteiger partial charge in [0.25, 0.3) is 11.8 Å². The summed E-state index contributed by atoms with van der Waals surface area (Å²) in [6.45, 7) is 8.22. The summed E-state index contributed by atoms with van der Waals surface area (Å²) in [5, 5.41) is 2.82. The molecule has 1 aromatic carbocycles. The predicted molar refractivity (Wildman–Crippen MR) is 148 cm³/mol. The largest absolute Gasteiger partial charge is 0.382 e. The van der Waals surface area contributed by atoms with E-state index in [9.17, 15) is 9.59 Å². The van der Waals surface area contributed by atoms with Crippen molar-refractivity contribution >= 4 is 29.0 Å². The highest BCUT2D eigenvalue weighted by molar-refractivity contribution is 6.04. The van der Waals surface area contributed by atoms with Gasteiger partial charge in [-0.2, -0.15) is 0 Å². The molecule has 4 heterocycles. The molecule has 5 rings (SSSR count). The molecular formula is C29H31N7O2. The van der Waals surface area contributed by atoms with Crippen molar-refractivity contribution in [1.82, 2.24) is 24.3 Å². The van der Waals surface area contributed by atoms with E-state index in [0.717, 1.165) is 24.0 Å². The van der Waals surface area contributed by atoms with E-state index < -0.39 is 0 Å². The van der Waals surface area contributed by atoms with Crippen molar-refractivity contribution in [2.24, 2.45) is 0 Å². The molecule has 9 nitrogen and oxygen atoms in total. The van der Waals surface area contributed by atoms with Crippen LogP contribution in [0.15, 0.2) is 55.0 Å². The van der Waals surface area contributed by atoms with Crippen LogP contribution >= 0.6 is 0 Å². The number of rotatable bonds is 4. The van der Waals surface area contributed by atoms with Crippen molar-refractivity contribution in [3.8, 4) is 23.1 Å². The van der Waals surface area contributed by atoms with Crippen molar-refractivity contribution in [3.63, 3.8) is 0 Å². The summed E-state index contributed by atoms with van der Waals surface area (Å²) in [7, 11) is 0. The zero-order chi connectivity index (χ0) is 27.2. The van der Waals surface area contributed by atoms with Gasteiger partial charge in [0.2, 0.25) is 0 Å². The lowest BCUT2D eigenvalue weighted by molar-refractivity contribution is -0.126. The third kappa shape index (κ3) is 5.20. The van der Waals surface area contributed by atoms with Crippen LogP contribution in [-0.2, 0) is 4.79 Å². The van der Waals surface area contributed by atoms with Gasteiger partial charge >= 0.3 is 0 Å². The average Bonchev–Trinajstić information content (AvgIpc) is 3.56. The molecule has 3 N–H and O–H groups in total. The van der Waals surface area contributed by atoms with E-state index in [0.29, 0.717) is 40.8 Å². The third-order valence-electron chi connectivity index (χ3n) is 6.23. The van der Waals surface area contributed by atoms with Gasteiger partial charge in [-0.3, -0.25) is 14.0 Å². The van der Waals surface area contributed by atoms with Gasteiger partial charge in [0.05, 0.1) is 6.04 Å². The molecule has 0 bridgehead atoms. The number of hydrogen-bond acceptors (Lipinski definition) is 6. The Morgan fingerprint density at radius 1 is 1.11 bits per heavy atom. The fraction of sp³-hybridized carbons (Fsp3) is 0.276. The van der Waals surface area contributed by atoms with E-state index in [4.69, 9.17) is 10.7 Å². The number of pyridine rings is 1. The van der Waals surface area contributed by atoms with Gasteiger partial charge in [0.15, 0.2) is 0 Å². The normalized spacial score (nSPS) is 14.3. The third-order valence-corrected chi connectivity index (χ3v) is 6.23. The Morgan fingerprint density at radius 3 is 2.58 bits per heavy atom. The van der Waals surface area contributed by atoms with Crippen LogP contribution in [0.3, 0.4) is 0 Å². The van der Waals surface area contributed by atoms with E-state index in [1.165, 1.54) is 0 Å². The Morgan fingerprint density at radius 2 is 1.87 bits per heavy atom. The number of anilines is 2. The van der Waals surface area contributed by atoms with Gasteiger partial charge in [0.1, 0.15) is 28.7 Å². The molecular weight excluding hydrogens is 478 g/mol. The maximum absolute atomic E-state index is 12.7. The molecule has 0 aliphatic carbocycles. The second kappa shape index (κ2) is 11.6. The fourth-order valence-corrected chi connectivity index (χ4v) is 4.55. The molecule has 38 heavy (non-hydrogen) atoms. The molecule has 4 aromatic rings. The second-order valence-electron chi connectivity index (χ2n) is 8.63. The van der Waals surface area contributed by atoms with Crippen LogP contribution < -0.4 is 11.1 Å². The highest BCUT2D eigenvalue weighted by Crippen LogP contribution is 2.36. The summed E-state index contributed by atoms with van der Waals surface area (Å²) in [5.74, 6) is 6.41. The number of likely N-dealkylation sites (tertiary alicyclic amines) is 1. The highest BCUT2D eigenvalue weighted by Gasteiger charge is 2.33. The SMILES string of the molecule is CC.CC#CC(=O)N1CCC[C@H]1c1nc(-c2ccc(C(=O)Nc3cc(C)ccn3)cc2)c2c(N)nccn12. The Bertz CT molecular complexity index is 1530. The highest BCUT2D eigenvalue weighted by atomic mass is 16.2. The molecule has 1 saturated heterocycles. The number of carbonyl (C=O) groups is 2. The Labute approximate surface area is 222 Å². The maximum Gasteiger partial charge on any atom is 0.299 e. The summed E-state index contributed by atoms with van der Waals surface area (Å²) in [6, 6.07) is 10.6. The van der Waals surface area contributed by atoms with Crippen LogP contribution in [-0.4, -0.2) is 42.6 Å². The van der Waals surface area contributed by atoms with Gasteiger partial charge in [-0.25, -0.2) is 15.0 Å². The molecule has 3 aromatic heterocycles. The zero-order valence-electron chi connectivity index (χ0n) is 22.0. The van der Waals surface area contributed by atoms with Gasteiger partial charge in [-0.05, 0) is 62.4 Å². The van der Waals surface area contributed by atoms with E-state index in [1.807, 2.05) is 49.4 Å². The quantitative estimate of drug-likeness (QED) is 0.387. The van der Waals surface area contributed by atoms with Gasteiger partial charge < -0.3 is 16.0 Å². The number of carbonyl (C=O) groups excluding carboxylic acids is 2. The number of nitrogen functional groups attached to an aromatic ring is 1. The van der Waals surface area contributed by atoms with Gasteiger partial charge in [-0.1, -0.05) is 31.9 Å².